The second-order valence-electron chi connectivity index (χ2n) is 9.60. The van der Waals surface area contributed by atoms with Crippen LogP contribution in [0, 0.1) is 11.7 Å². The molecule has 182 valence electrons. The summed E-state index contributed by atoms with van der Waals surface area (Å²) >= 11 is 0. The van der Waals surface area contributed by atoms with E-state index in [0.29, 0.717) is 23.8 Å². The molecule has 6 nitrogen and oxygen atoms in total. The first-order valence-electron chi connectivity index (χ1n) is 12.4. The molecule has 1 heterocycles. The van der Waals surface area contributed by atoms with Crippen LogP contribution in [0.5, 0.6) is 0 Å². The number of amides is 2. The van der Waals surface area contributed by atoms with Gasteiger partial charge >= 0.3 is 0 Å². The molecule has 4 rings (SSSR count). The molecule has 2 aromatic carbocycles. The van der Waals surface area contributed by atoms with Crippen LogP contribution in [0.25, 0.3) is 0 Å². The van der Waals surface area contributed by atoms with Gasteiger partial charge in [-0.05, 0) is 68.0 Å². The van der Waals surface area contributed by atoms with E-state index < -0.39 is 0 Å². The van der Waals surface area contributed by atoms with Gasteiger partial charge in [-0.25, -0.2) is 4.39 Å². The van der Waals surface area contributed by atoms with Crippen LogP contribution in [0.4, 0.5) is 10.1 Å². The lowest BCUT2D eigenvalue weighted by molar-refractivity contribution is -0.120. The lowest BCUT2D eigenvalue weighted by Gasteiger charge is -2.21. The molecule has 2 amide bonds. The number of anilines is 1. The van der Waals surface area contributed by atoms with Crippen LogP contribution in [0.3, 0.4) is 0 Å². The molecule has 2 fully saturated rings. The number of hydrogen-bond acceptors (Lipinski definition) is 4. The standard InChI is InChI=1S/C27H35FN4O2/c1-32(16-6-11-24-18-25(31-30-24)19-12-14-22(28)15-13-19)27(34)21-9-5-10-23(17-21)29-26(33)20-7-3-2-4-8-20/h5,9-10,12-15,17,20,24-25,30-31H,2-4,6-8,11,16,18H2,1H3,(H,29,33). The first-order valence-corrected chi connectivity index (χ1v) is 12.4. The summed E-state index contributed by atoms with van der Waals surface area (Å²) in [4.78, 5) is 27.2. The third kappa shape index (κ3) is 6.42. The normalized spacial score (nSPS) is 20.8. The van der Waals surface area contributed by atoms with Gasteiger partial charge in [0.25, 0.3) is 5.91 Å². The number of nitrogens with zero attached hydrogens (tertiary/aromatic N) is 1. The van der Waals surface area contributed by atoms with Crippen molar-refractivity contribution in [3.05, 3.63) is 65.5 Å². The fourth-order valence-corrected chi connectivity index (χ4v) is 4.96. The lowest BCUT2D eigenvalue weighted by Crippen LogP contribution is -2.32. The zero-order valence-electron chi connectivity index (χ0n) is 19.9. The molecule has 1 aliphatic heterocycles. The van der Waals surface area contributed by atoms with Gasteiger partial charge < -0.3 is 10.2 Å². The van der Waals surface area contributed by atoms with E-state index in [4.69, 9.17) is 0 Å². The fraction of sp³-hybridized carbons (Fsp3) is 0.481. The minimum Gasteiger partial charge on any atom is -0.342 e. The monoisotopic (exact) mass is 466 g/mol. The summed E-state index contributed by atoms with van der Waals surface area (Å²) in [6.07, 6.45) is 8.05. The number of carbonyl (C=O) groups excluding carboxylic acids is 2. The Kier molecular flexibility index (Phi) is 8.29. The molecule has 1 saturated heterocycles. The first kappa shape index (κ1) is 24.4. The number of rotatable bonds is 8. The summed E-state index contributed by atoms with van der Waals surface area (Å²) in [5, 5.41) is 3.00. The molecular weight excluding hydrogens is 431 g/mol. The molecule has 0 bridgehead atoms. The molecule has 34 heavy (non-hydrogen) atoms. The van der Waals surface area contributed by atoms with Crippen molar-refractivity contribution in [2.75, 3.05) is 18.9 Å². The summed E-state index contributed by atoms with van der Waals surface area (Å²) in [6.45, 7) is 0.650. The van der Waals surface area contributed by atoms with Crippen LogP contribution >= 0.6 is 0 Å². The minimum atomic E-state index is -0.226. The van der Waals surface area contributed by atoms with Crippen LogP contribution in [0.1, 0.15) is 73.3 Å². The lowest BCUT2D eigenvalue weighted by atomic mass is 9.88. The number of benzene rings is 2. The van der Waals surface area contributed by atoms with Crippen LogP contribution in [0.15, 0.2) is 48.5 Å². The predicted octanol–water partition coefficient (Wildman–Crippen LogP) is 4.80. The van der Waals surface area contributed by atoms with Gasteiger partial charge in [0.1, 0.15) is 5.82 Å². The molecule has 7 heteroatoms. The van der Waals surface area contributed by atoms with Crippen molar-refractivity contribution in [2.45, 2.75) is 63.5 Å². The van der Waals surface area contributed by atoms with Gasteiger partial charge in [0.05, 0.1) is 0 Å². The predicted molar refractivity (Wildman–Crippen MR) is 132 cm³/mol. The Morgan fingerprint density at radius 2 is 1.82 bits per heavy atom. The number of hydrazine groups is 1. The highest BCUT2D eigenvalue weighted by Gasteiger charge is 2.25. The maximum Gasteiger partial charge on any atom is 0.253 e. The van der Waals surface area contributed by atoms with Crippen molar-refractivity contribution in [3.63, 3.8) is 0 Å². The van der Waals surface area contributed by atoms with E-state index in [0.717, 1.165) is 50.5 Å². The van der Waals surface area contributed by atoms with Gasteiger partial charge in [0.15, 0.2) is 0 Å². The maximum atomic E-state index is 13.1. The molecule has 0 radical (unpaired) electrons. The number of halogens is 1. The molecular formula is C27H35FN4O2. The molecule has 2 atom stereocenters. The molecule has 2 aromatic rings. The summed E-state index contributed by atoms with van der Waals surface area (Å²) < 4.78 is 13.1. The summed E-state index contributed by atoms with van der Waals surface area (Å²) in [5.41, 5.74) is 8.94. The van der Waals surface area contributed by atoms with Crippen LogP contribution in [-0.4, -0.2) is 36.3 Å². The van der Waals surface area contributed by atoms with Crippen LogP contribution in [0.2, 0.25) is 0 Å². The molecule has 2 unspecified atom stereocenters. The van der Waals surface area contributed by atoms with E-state index in [1.807, 2.05) is 31.3 Å². The third-order valence-corrected chi connectivity index (χ3v) is 7.00. The highest BCUT2D eigenvalue weighted by Crippen LogP contribution is 2.26. The van der Waals surface area contributed by atoms with E-state index in [-0.39, 0.29) is 29.6 Å². The van der Waals surface area contributed by atoms with E-state index in [9.17, 15) is 14.0 Å². The minimum absolute atomic E-state index is 0.0459. The van der Waals surface area contributed by atoms with E-state index in [2.05, 4.69) is 16.2 Å². The van der Waals surface area contributed by atoms with Gasteiger partial charge in [-0.15, -0.1) is 0 Å². The second-order valence-corrected chi connectivity index (χ2v) is 9.60. The van der Waals surface area contributed by atoms with E-state index >= 15 is 0 Å². The Labute approximate surface area is 201 Å². The van der Waals surface area contributed by atoms with E-state index in [1.165, 1.54) is 18.6 Å². The summed E-state index contributed by atoms with van der Waals surface area (Å²) in [5.74, 6) is -0.127. The van der Waals surface area contributed by atoms with Crippen molar-refractivity contribution >= 4 is 17.5 Å². The van der Waals surface area contributed by atoms with Crippen molar-refractivity contribution < 1.29 is 14.0 Å². The van der Waals surface area contributed by atoms with Crippen LogP contribution in [-0.2, 0) is 4.79 Å². The number of nitrogens with one attached hydrogen (secondary N) is 3. The third-order valence-electron chi connectivity index (χ3n) is 7.00. The molecule has 3 N–H and O–H groups in total. The largest absolute Gasteiger partial charge is 0.342 e. The second kappa shape index (κ2) is 11.6. The van der Waals surface area contributed by atoms with Crippen molar-refractivity contribution in [2.24, 2.45) is 5.92 Å². The highest BCUT2D eigenvalue weighted by atomic mass is 19.1. The average Bonchev–Trinajstić information content (AvgIpc) is 3.33. The Hall–Kier alpha value is -2.77. The average molecular weight is 467 g/mol. The van der Waals surface area contributed by atoms with Gasteiger partial charge in [-0.3, -0.25) is 20.4 Å². The van der Waals surface area contributed by atoms with Crippen molar-refractivity contribution in [3.8, 4) is 0 Å². The molecule has 1 aliphatic carbocycles. The summed E-state index contributed by atoms with van der Waals surface area (Å²) in [6, 6.07) is 14.3. The van der Waals surface area contributed by atoms with Crippen LogP contribution < -0.4 is 16.2 Å². The summed E-state index contributed by atoms with van der Waals surface area (Å²) in [7, 11) is 1.82. The smallest absolute Gasteiger partial charge is 0.253 e. The molecule has 1 saturated carbocycles. The quantitative estimate of drug-likeness (QED) is 0.522. The number of carbonyl (C=O) groups is 2. The Bertz CT molecular complexity index is 975. The topological polar surface area (TPSA) is 73.5 Å². The maximum absolute atomic E-state index is 13.1. The van der Waals surface area contributed by atoms with E-state index in [1.54, 1.807) is 17.0 Å². The highest BCUT2D eigenvalue weighted by molar-refractivity contribution is 5.97. The molecule has 0 aromatic heterocycles. The Balaban J connectivity index is 1.22. The SMILES string of the molecule is CN(CCCC1CC(c2ccc(F)cc2)NN1)C(=O)c1cccc(NC(=O)C2CCCCC2)c1. The zero-order chi connectivity index (χ0) is 23.9. The Morgan fingerprint density at radius 3 is 2.59 bits per heavy atom. The Morgan fingerprint density at radius 1 is 1.06 bits per heavy atom. The zero-order valence-corrected chi connectivity index (χ0v) is 19.9. The number of hydrogen-bond donors (Lipinski definition) is 3. The fourth-order valence-electron chi connectivity index (χ4n) is 4.96. The van der Waals surface area contributed by atoms with Gasteiger partial charge in [-0.1, -0.05) is 37.5 Å². The molecule has 2 aliphatic rings. The molecule has 0 spiro atoms. The first-order chi connectivity index (χ1) is 16.5. The van der Waals surface area contributed by atoms with Gasteiger partial charge in [0, 0.05) is 42.8 Å². The van der Waals surface area contributed by atoms with Crippen molar-refractivity contribution in [1.29, 1.82) is 0 Å². The van der Waals surface area contributed by atoms with Gasteiger partial charge in [0.2, 0.25) is 5.91 Å². The van der Waals surface area contributed by atoms with Gasteiger partial charge in [-0.2, -0.15) is 0 Å². The van der Waals surface area contributed by atoms with Crippen molar-refractivity contribution in [1.82, 2.24) is 15.8 Å².